The lowest BCUT2D eigenvalue weighted by molar-refractivity contribution is 0.455. The molecule has 2 N–H and O–H groups in total. The number of hydrogen-bond donors (Lipinski definition) is 1. The third-order valence-electron chi connectivity index (χ3n) is 2.40. The molecule has 2 rings (SSSR count). The van der Waals surface area contributed by atoms with Crippen LogP contribution in [0.4, 0.5) is 0 Å². The number of nitrogens with zero attached hydrogens (tertiary/aromatic N) is 2. The van der Waals surface area contributed by atoms with Crippen LogP contribution in [0, 0.1) is 5.92 Å². The summed E-state index contributed by atoms with van der Waals surface area (Å²) < 4.78 is 1.43. The maximum atomic E-state index is 11.2. The van der Waals surface area contributed by atoms with E-state index in [0.717, 1.165) is 0 Å². The first-order chi connectivity index (χ1) is 6.27. The van der Waals surface area contributed by atoms with E-state index < -0.39 is 0 Å². The van der Waals surface area contributed by atoms with Crippen molar-refractivity contribution in [2.75, 3.05) is 0 Å². The van der Waals surface area contributed by atoms with Crippen LogP contribution in [0.2, 0.25) is 0 Å². The lowest BCUT2D eigenvalue weighted by Crippen LogP contribution is -2.34. The molecule has 0 spiro atoms. The Bertz CT molecular complexity index is 343. The minimum atomic E-state index is -0.0707. The molecule has 1 aliphatic carbocycles. The van der Waals surface area contributed by atoms with Crippen LogP contribution in [0.3, 0.4) is 0 Å². The van der Waals surface area contributed by atoms with Gasteiger partial charge in [-0.15, -0.1) is 0 Å². The largest absolute Gasteiger partial charge is 0.326 e. The average Bonchev–Trinajstić information content (AvgIpc) is 2.91. The van der Waals surface area contributed by atoms with Crippen molar-refractivity contribution in [2.45, 2.75) is 25.4 Å². The van der Waals surface area contributed by atoms with Crippen LogP contribution < -0.4 is 11.3 Å². The van der Waals surface area contributed by atoms with Crippen LogP contribution in [0.5, 0.6) is 0 Å². The Hall–Kier alpha value is -1.16. The third-order valence-corrected chi connectivity index (χ3v) is 2.40. The summed E-state index contributed by atoms with van der Waals surface area (Å²) in [5, 5.41) is 3.95. The molecule has 1 saturated carbocycles. The van der Waals surface area contributed by atoms with E-state index in [-0.39, 0.29) is 11.6 Å². The monoisotopic (exact) mass is 179 g/mol. The lowest BCUT2D eigenvalue weighted by atomic mass is 10.2. The van der Waals surface area contributed by atoms with Gasteiger partial charge in [0.2, 0.25) is 0 Å². The second-order valence-electron chi connectivity index (χ2n) is 3.55. The van der Waals surface area contributed by atoms with Gasteiger partial charge in [-0.25, -0.2) is 4.68 Å². The van der Waals surface area contributed by atoms with E-state index in [1.54, 1.807) is 12.3 Å². The third kappa shape index (κ3) is 1.95. The summed E-state index contributed by atoms with van der Waals surface area (Å²) >= 11 is 0. The van der Waals surface area contributed by atoms with E-state index in [2.05, 4.69) is 5.10 Å². The molecule has 13 heavy (non-hydrogen) atoms. The predicted molar refractivity (Wildman–Crippen MR) is 49.2 cm³/mol. The minimum absolute atomic E-state index is 0.0707. The SMILES string of the molecule is NC(Cn1ncccc1=O)C1CC1. The van der Waals surface area contributed by atoms with E-state index in [1.165, 1.54) is 23.6 Å². The first kappa shape index (κ1) is 8.44. The zero-order chi connectivity index (χ0) is 9.26. The highest BCUT2D eigenvalue weighted by atomic mass is 16.1. The quantitative estimate of drug-likeness (QED) is 0.709. The summed E-state index contributed by atoms with van der Waals surface area (Å²) in [5.74, 6) is 0.605. The standard InChI is InChI=1S/C9H13N3O/c10-8(7-3-4-7)6-12-9(13)2-1-5-11-12/h1-2,5,7-8H,3-4,6,10H2. The van der Waals surface area contributed by atoms with Gasteiger partial charge in [0.15, 0.2) is 0 Å². The molecule has 0 saturated heterocycles. The summed E-state index contributed by atoms with van der Waals surface area (Å²) in [6.45, 7) is 0.546. The fourth-order valence-corrected chi connectivity index (χ4v) is 1.40. The number of rotatable bonds is 3. The molecule has 1 heterocycles. The van der Waals surface area contributed by atoms with Gasteiger partial charge in [-0.3, -0.25) is 4.79 Å². The van der Waals surface area contributed by atoms with Gasteiger partial charge in [-0.2, -0.15) is 5.10 Å². The normalized spacial score (nSPS) is 18.5. The molecule has 1 aromatic heterocycles. The van der Waals surface area contributed by atoms with Gasteiger partial charge < -0.3 is 5.73 Å². The summed E-state index contributed by atoms with van der Waals surface area (Å²) in [6.07, 6.45) is 4.01. The van der Waals surface area contributed by atoms with Crippen LogP contribution in [-0.2, 0) is 6.54 Å². The smallest absolute Gasteiger partial charge is 0.266 e. The van der Waals surface area contributed by atoms with Crippen LogP contribution in [0.1, 0.15) is 12.8 Å². The molecular weight excluding hydrogens is 166 g/mol. The van der Waals surface area contributed by atoms with Crippen LogP contribution in [0.25, 0.3) is 0 Å². The summed E-state index contributed by atoms with van der Waals surface area (Å²) in [5.41, 5.74) is 5.81. The highest BCUT2D eigenvalue weighted by Crippen LogP contribution is 2.31. The average molecular weight is 179 g/mol. The molecule has 0 aliphatic heterocycles. The zero-order valence-corrected chi connectivity index (χ0v) is 7.39. The minimum Gasteiger partial charge on any atom is -0.326 e. The zero-order valence-electron chi connectivity index (χ0n) is 7.39. The fourth-order valence-electron chi connectivity index (χ4n) is 1.40. The first-order valence-corrected chi connectivity index (χ1v) is 4.55. The Morgan fingerprint density at radius 3 is 3.08 bits per heavy atom. The summed E-state index contributed by atoms with van der Waals surface area (Å²) in [6, 6.07) is 3.24. The Labute approximate surface area is 76.4 Å². The van der Waals surface area contributed by atoms with Crippen molar-refractivity contribution in [1.82, 2.24) is 9.78 Å². The van der Waals surface area contributed by atoms with E-state index in [1.807, 2.05) is 0 Å². The molecule has 1 fully saturated rings. The summed E-state index contributed by atoms with van der Waals surface area (Å²) in [4.78, 5) is 11.2. The van der Waals surface area contributed by atoms with Gasteiger partial charge in [-0.05, 0) is 24.8 Å². The molecule has 4 heteroatoms. The Balaban J connectivity index is 2.08. The van der Waals surface area contributed by atoms with Crippen molar-refractivity contribution < 1.29 is 0 Å². The lowest BCUT2D eigenvalue weighted by Gasteiger charge is -2.10. The van der Waals surface area contributed by atoms with Crippen molar-refractivity contribution >= 4 is 0 Å². The molecule has 1 aliphatic rings. The topological polar surface area (TPSA) is 60.9 Å². The van der Waals surface area contributed by atoms with Gasteiger partial charge in [0.05, 0.1) is 6.54 Å². The van der Waals surface area contributed by atoms with Gasteiger partial charge in [0.1, 0.15) is 0 Å². The first-order valence-electron chi connectivity index (χ1n) is 4.55. The maximum Gasteiger partial charge on any atom is 0.266 e. The van der Waals surface area contributed by atoms with E-state index in [0.29, 0.717) is 12.5 Å². The molecule has 0 radical (unpaired) electrons. The van der Waals surface area contributed by atoms with Crippen molar-refractivity contribution in [3.63, 3.8) is 0 Å². The van der Waals surface area contributed by atoms with Crippen molar-refractivity contribution in [1.29, 1.82) is 0 Å². The maximum absolute atomic E-state index is 11.2. The van der Waals surface area contributed by atoms with Crippen molar-refractivity contribution in [3.8, 4) is 0 Å². The molecular formula is C9H13N3O. The molecule has 0 aromatic carbocycles. The highest BCUT2D eigenvalue weighted by molar-refractivity contribution is 4.88. The fraction of sp³-hybridized carbons (Fsp3) is 0.556. The van der Waals surface area contributed by atoms with Gasteiger partial charge in [0.25, 0.3) is 5.56 Å². The van der Waals surface area contributed by atoms with E-state index >= 15 is 0 Å². The Morgan fingerprint density at radius 2 is 2.46 bits per heavy atom. The van der Waals surface area contributed by atoms with Gasteiger partial charge in [0, 0.05) is 18.3 Å². The second kappa shape index (κ2) is 3.30. The molecule has 1 unspecified atom stereocenters. The van der Waals surface area contributed by atoms with Gasteiger partial charge >= 0.3 is 0 Å². The molecule has 70 valence electrons. The van der Waals surface area contributed by atoms with Crippen molar-refractivity contribution in [2.24, 2.45) is 11.7 Å². The molecule has 4 nitrogen and oxygen atoms in total. The van der Waals surface area contributed by atoms with E-state index in [4.69, 9.17) is 5.73 Å². The number of nitrogens with two attached hydrogens (primary N) is 1. The van der Waals surface area contributed by atoms with Crippen molar-refractivity contribution in [3.05, 3.63) is 28.7 Å². The highest BCUT2D eigenvalue weighted by Gasteiger charge is 2.28. The Kier molecular flexibility index (Phi) is 2.14. The molecule has 1 aromatic rings. The Morgan fingerprint density at radius 1 is 1.69 bits per heavy atom. The predicted octanol–water partition coefficient (Wildman–Crippen LogP) is -0.0194. The number of hydrogen-bond acceptors (Lipinski definition) is 3. The molecule has 0 bridgehead atoms. The second-order valence-corrected chi connectivity index (χ2v) is 3.55. The summed E-state index contributed by atoms with van der Waals surface area (Å²) in [7, 11) is 0. The number of aromatic nitrogens is 2. The molecule has 0 amide bonds. The van der Waals surface area contributed by atoms with Crippen LogP contribution in [-0.4, -0.2) is 15.8 Å². The van der Waals surface area contributed by atoms with Gasteiger partial charge in [-0.1, -0.05) is 0 Å². The van der Waals surface area contributed by atoms with Crippen LogP contribution in [0.15, 0.2) is 23.1 Å². The van der Waals surface area contributed by atoms with Crippen LogP contribution >= 0.6 is 0 Å². The van der Waals surface area contributed by atoms with E-state index in [9.17, 15) is 4.79 Å². The molecule has 1 atom stereocenters.